The molecule has 27 heavy (non-hydrogen) atoms. The molecule has 0 saturated heterocycles. The molecule has 0 aliphatic carbocycles. The van der Waals surface area contributed by atoms with E-state index in [9.17, 15) is 14.4 Å². The van der Waals surface area contributed by atoms with Gasteiger partial charge in [0, 0.05) is 0 Å². The monoisotopic (exact) mass is 456 g/mol. The van der Waals surface area contributed by atoms with Crippen LogP contribution in [0, 0.1) is 0 Å². The van der Waals surface area contributed by atoms with Gasteiger partial charge in [0.25, 0.3) is 0 Å². The number of hydrogen-bond acceptors (Lipinski definition) is 8. The highest BCUT2D eigenvalue weighted by molar-refractivity contribution is 9.10. The van der Waals surface area contributed by atoms with Gasteiger partial charge < -0.3 is 18.9 Å². The highest BCUT2D eigenvalue weighted by Gasteiger charge is 2.25. The molecule has 0 amide bonds. The number of thiophene rings is 1. The van der Waals surface area contributed by atoms with Gasteiger partial charge in [0.15, 0.2) is 23.5 Å². The van der Waals surface area contributed by atoms with Gasteiger partial charge in [-0.1, -0.05) is 0 Å². The Morgan fingerprint density at radius 2 is 2.00 bits per heavy atom. The maximum Gasteiger partial charge on any atom is 0.351 e. The van der Waals surface area contributed by atoms with Crippen molar-refractivity contribution in [3.05, 3.63) is 33.1 Å². The lowest BCUT2D eigenvalue weighted by Crippen LogP contribution is -2.15. The number of aldehydes is 1. The molecule has 0 saturated carbocycles. The predicted octanol–water partition coefficient (Wildman–Crippen LogP) is 3.73. The third-order valence-electron chi connectivity index (χ3n) is 3.44. The Balaban J connectivity index is 2.47. The quantitative estimate of drug-likeness (QED) is 0.441. The first-order valence-corrected chi connectivity index (χ1v) is 9.40. The van der Waals surface area contributed by atoms with Crippen molar-refractivity contribution < 1.29 is 33.3 Å². The Morgan fingerprint density at radius 1 is 1.26 bits per heavy atom. The first-order chi connectivity index (χ1) is 13.0. The predicted molar refractivity (Wildman–Crippen MR) is 103 cm³/mol. The second-order valence-electron chi connectivity index (χ2n) is 5.06. The van der Waals surface area contributed by atoms with Gasteiger partial charge in [-0.2, -0.15) is 0 Å². The van der Waals surface area contributed by atoms with Crippen molar-refractivity contribution in [3.63, 3.8) is 0 Å². The summed E-state index contributed by atoms with van der Waals surface area (Å²) in [6.07, 6.45) is 0.684. The van der Waals surface area contributed by atoms with E-state index in [2.05, 4.69) is 15.9 Å². The number of rotatable bonds is 8. The van der Waals surface area contributed by atoms with Gasteiger partial charge in [-0.05, 0) is 46.6 Å². The molecule has 0 spiro atoms. The summed E-state index contributed by atoms with van der Waals surface area (Å²) >= 11 is 4.53. The van der Waals surface area contributed by atoms with E-state index in [-0.39, 0.29) is 23.8 Å². The Bertz CT molecular complexity index is 860. The van der Waals surface area contributed by atoms with Crippen molar-refractivity contribution >= 4 is 45.5 Å². The lowest BCUT2D eigenvalue weighted by Gasteiger charge is -2.07. The van der Waals surface area contributed by atoms with Crippen LogP contribution < -0.4 is 9.47 Å². The van der Waals surface area contributed by atoms with E-state index in [4.69, 9.17) is 18.9 Å². The highest BCUT2D eigenvalue weighted by atomic mass is 79.9. The van der Waals surface area contributed by atoms with Crippen LogP contribution in [-0.2, 0) is 14.3 Å². The molecule has 1 heterocycles. The van der Waals surface area contributed by atoms with Crippen LogP contribution in [0.3, 0.4) is 0 Å². The Hall–Kier alpha value is -2.39. The van der Waals surface area contributed by atoms with Crippen LogP contribution in [0.4, 0.5) is 0 Å². The fraction of sp³-hybridized carbons (Fsp3) is 0.278. The van der Waals surface area contributed by atoms with Gasteiger partial charge in [0.05, 0.1) is 35.7 Å². The lowest BCUT2D eigenvalue weighted by molar-refractivity contribution is -0.145. The minimum absolute atomic E-state index is 0.179. The number of ether oxygens (including phenoxy) is 4. The zero-order valence-electron chi connectivity index (χ0n) is 14.9. The molecule has 9 heteroatoms. The average molecular weight is 457 g/mol. The van der Waals surface area contributed by atoms with Crippen LogP contribution in [0.5, 0.6) is 11.5 Å². The molecule has 0 aliphatic rings. The second-order valence-corrected chi connectivity index (χ2v) is 6.88. The van der Waals surface area contributed by atoms with Gasteiger partial charge in [0.2, 0.25) is 0 Å². The molecule has 0 atom stereocenters. The summed E-state index contributed by atoms with van der Waals surface area (Å²) in [5, 5.41) is 0. The van der Waals surface area contributed by atoms with Crippen molar-refractivity contribution in [2.24, 2.45) is 0 Å². The molecule has 1 aromatic heterocycles. The van der Waals surface area contributed by atoms with Crippen LogP contribution in [-0.4, -0.2) is 45.7 Å². The highest BCUT2D eigenvalue weighted by Crippen LogP contribution is 2.46. The zero-order chi connectivity index (χ0) is 20.0. The lowest BCUT2D eigenvalue weighted by atomic mass is 10.1. The van der Waals surface area contributed by atoms with Crippen LogP contribution in [0.15, 0.2) is 22.7 Å². The molecule has 7 nitrogen and oxygen atoms in total. The standard InChI is InChI=1S/C18H17BrO7S/c1-4-25-13(21)9-26-15-14(19)16(27-17(15)18(22)24-3)10-5-6-12(23-2)11(7-10)8-20/h5-8H,4,9H2,1-3H3. The third-order valence-corrected chi connectivity index (χ3v) is 5.66. The fourth-order valence-corrected chi connectivity index (χ4v) is 4.21. The Labute approximate surface area is 168 Å². The van der Waals surface area contributed by atoms with Crippen LogP contribution >= 0.6 is 27.3 Å². The topological polar surface area (TPSA) is 88.1 Å². The maximum atomic E-state index is 12.1. The van der Waals surface area contributed by atoms with Crippen molar-refractivity contribution in [2.75, 3.05) is 27.4 Å². The molecule has 144 valence electrons. The number of hydrogen-bond donors (Lipinski definition) is 0. The number of carbonyl (C=O) groups excluding carboxylic acids is 3. The summed E-state index contributed by atoms with van der Waals surface area (Å²) in [5.74, 6) is -0.539. The molecule has 0 N–H and O–H groups in total. The van der Waals surface area contributed by atoms with Gasteiger partial charge in [-0.3, -0.25) is 4.79 Å². The number of benzene rings is 1. The zero-order valence-corrected chi connectivity index (χ0v) is 17.3. The molecule has 0 bridgehead atoms. The van der Waals surface area contributed by atoms with Gasteiger partial charge in [-0.15, -0.1) is 11.3 Å². The molecule has 2 aromatic rings. The number of esters is 2. The molecule has 1 aromatic carbocycles. The van der Waals surface area contributed by atoms with E-state index < -0.39 is 11.9 Å². The van der Waals surface area contributed by atoms with Crippen LogP contribution in [0.25, 0.3) is 10.4 Å². The van der Waals surface area contributed by atoms with Crippen LogP contribution in [0.1, 0.15) is 27.0 Å². The van der Waals surface area contributed by atoms with Gasteiger partial charge in [0.1, 0.15) is 5.75 Å². The first kappa shape index (κ1) is 20.9. The van der Waals surface area contributed by atoms with Gasteiger partial charge >= 0.3 is 11.9 Å². The SMILES string of the molecule is CCOC(=O)COc1c(C(=O)OC)sc(-c2ccc(OC)c(C=O)c2)c1Br. The molecule has 0 radical (unpaired) electrons. The molecule has 0 fully saturated rings. The molecular formula is C18H17BrO7S. The van der Waals surface area contributed by atoms with Crippen molar-refractivity contribution in [3.8, 4) is 21.9 Å². The maximum absolute atomic E-state index is 12.1. The summed E-state index contributed by atoms with van der Waals surface area (Å²) in [5.41, 5.74) is 1.04. The van der Waals surface area contributed by atoms with Gasteiger partial charge in [-0.25, -0.2) is 9.59 Å². The minimum atomic E-state index is -0.602. The van der Waals surface area contributed by atoms with E-state index in [0.29, 0.717) is 32.5 Å². The van der Waals surface area contributed by atoms with Crippen LogP contribution in [0.2, 0.25) is 0 Å². The summed E-state index contributed by atoms with van der Waals surface area (Å²) in [4.78, 5) is 35.8. The smallest absolute Gasteiger partial charge is 0.351 e. The fourth-order valence-electron chi connectivity index (χ4n) is 2.24. The van der Waals surface area contributed by atoms with E-state index in [1.165, 1.54) is 14.2 Å². The number of carbonyl (C=O) groups is 3. The summed E-state index contributed by atoms with van der Waals surface area (Å²) in [6, 6.07) is 5.04. The summed E-state index contributed by atoms with van der Waals surface area (Å²) < 4.78 is 20.7. The van der Waals surface area contributed by atoms with E-state index in [1.807, 2.05) is 0 Å². The van der Waals surface area contributed by atoms with E-state index >= 15 is 0 Å². The molecular weight excluding hydrogens is 440 g/mol. The average Bonchev–Trinajstić information content (AvgIpc) is 3.01. The number of methoxy groups -OCH3 is 2. The second kappa shape index (κ2) is 9.52. The van der Waals surface area contributed by atoms with Crippen molar-refractivity contribution in [1.29, 1.82) is 0 Å². The summed E-state index contributed by atoms with van der Waals surface area (Å²) in [6.45, 7) is 1.56. The van der Waals surface area contributed by atoms with Crippen molar-refractivity contribution in [2.45, 2.75) is 6.92 Å². The van der Waals surface area contributed by atoms with Crippen molar-refractivity contribution in [1.82, 2.24) is 0 Å². The molecule has 2 rings (SSSR count). The number of halogens is 1. The normalized spacial score (nSPS) is 10.2. The minimum Gasteiger partial charge on any atom is -0.496 e. The largest absolute Gasteiger partial charge is 0.496 e. The molecule has 0 aliphatic heterocycles. The van der Waals surface area contributed by atoms with E-state index in [0.717, 1.165) is 11.3 Å². The van der Waals surface area contributed by atoms with E-state index in [1.54, 1.807) is 25.1 Å². The third kappa shape index (κ3) is 4.67. The first-order valence-electron chi connectivity index (χ1n) is 7.79. The Kier molecular flexibility index (Phi) is 7.37. The molecule has 0 unspecified atom stereocenters. The Morgan fingerprint density at radius 3 is 2.59 bits per heavy atom. The summed E-state index contributed by atoms with van der Waals surface area (Å²) in [7, 11) is 2.72.